The van der Waals surface area contributed by atoms with E-state index in [1.54, 1.807) is 7.11 Å². The average Bonchev–Trinajstić information content (AvgIpc) is 2.21. The second-order valence-electron chi connectivity index (χ2n) is 4.62. The molecule has 0 aromatic carbocycles. The van der Waals surface area contributed by atoms with Crippen LogP contribution in [0.15, 0.2) is 0 Å². The summed E-state index contributed by atoms with van der Waals surface area (Å²) in [6.45, 7) is 6.79. The maximum Gasteiger partial charge on any atom is 0.311 e. The standard InChI is InChI=1S/C12H24O3/c1-6-7-8-12(2,3)10(9-14-4)11(13)15-5/h10H,6-9H2,1-5H3. The van der Waals surface area contributed by atoms with Gasteiger partial charge in [0.05, 0.1) is 19.6 Å². The Morgan fingerprint density at radius 1 is 1.33 bits per heavy atom. The van der Waals surface area contributed by atoms with Gasteiger partial charge >= 0.3 is 5.97 Å². The van der Waals surface area contributed by atoms with Crippen molar-refractivity contribution in [3.8, 4) is 0 Å². The van der Waals surface area contributed by atoms with E-state index < -0.39 is 0 Å². The van der Waals surface area contributed by atoms with Crippen LogP contribution in [0.2, 0.25) is 0 Å². The van der Waals surface area contributed by atoms with Crippen LogP contribution >= 0.6 is 0 Å². The number of esters is 1. The van der Waals surface area contributed by atoms with E-state index in [-0.39, 0.29) is 17.3 Å². The van der Waals surface area contributed by atoms with Crippen molar-refractivity contribution in [2.75, 3.05) is 20.8 Å². The van der Waals surface area contributed by atoms with Gasteiger partial charge in [-0.15, -0.1) is 0 Å². The lowest BCUT2D eigenvalue weighted by Crippen LogP contribution is -2.35. The summed E-state index contributed by atoms with van der Waals surface area (Å²) in [6, 6.07) is 0. The third-order valence-electron chi connectivity index (χ3n) is 2.94. The van der Waals surface area contributed by atoms with Gasteiger partial charge in [0.1, 0.15) is 0 Å². The van der Waals surface area contributed by atoms with Crippen molar-refractivity contribution in [3.05, 3.63) is 0 Å². The first kappa shape index (κ1) is 14.4. The van der Waals surface area contributed by atoms with E-state index in [0.29, 0.717) is 6.61 Å². The molecular weight excluding hydrogens is 192 g/mol. The minimum atomic E-state index is -0.169. The van der Waals surface area contributed by atoms with E-state index in [4.69, 9.17) is 9.47 Å². The molecule has 0 aromatic heterocycles. The van der Waals surface area contributed by atoms with Crippen molar-refractivity contribution in [3.63, 3.8) is 0 Å². The molecule has 0 aliphatic carbocycles. The number of carbonyl (C=O) groups excluding carboxylic acids is 1. The molecule has 0 amide bonds. The monoisotopic (exact) mass is 216 g/mol. The smallest absolute Gasteiger partial charge is 0.311 e. The zero-order chi connectivity index (χ0) is 11.9. The summed E-state index contributed by atoms with van der Waals surface area (Å²) in [5.74, 6) is -0.336. The van der Waals surface area contributed by atoms with Crippen molar-refractivity contribution < 1.29 is 14.3 Å². The summed E-state index contributed by atoms with van der Waals surface area (Å²) >= 11 is 0. The molecule has 0 aliphatic heterocycles. The highest BCUT2D eigenvalue weighted by Crippen LogP contribution is 2.33. The number of hydrogen-bond donors (Lipinski definition) is 0. The van der Waals surface area contributed by atoms with Crippen molar-refractivity contribution in [1.29, 1.82) is 0 Å². The van der Waals surface area contributed by atoms with E-state index >= 15 is 0 Å². The second kappa shape index (κ2) is 6.83. The Bertz CT molecular complexity index is 187. The topological polar surface area (TPSA) is 35.5 Å². The molecule has 0 saturated carbocycles. The van der Waals surface area contributed by atoms with Gasteiger partial charge in [-0.1, -0.05) is 33.6 Å². The molecule has 0 saturated heterocycles. The van der Waals surface area contributed by atoms with Crippen LogP contribution in [0.4, 0.5) is 0 Å². The van der Waals surface area contributed by atoms with Crippen LogP contribution in [0, 0.1) is 11.3 Å². The molecule has 0 heterocycles. The molecule has 0 bridgehead atoms. The summed E-state index contributed by atoms with van der Waals surface area (Å²) in [5, 5.41) is 0. The molecule has 0 aliphatic rings. The molecule has 15 heavy (non-hydrogen) atoms. The number of unbranched alkanes of at least 4 members (excludes halogenated alkanes) is 1. The third-order valence-corrected chi connectivity index (χ3v) is 2.94. The first-order valence-corrected chi connectivity index (χ1v) is 5.56. The normalized spacial score (nSPS) is 13.7. The summed E-state index contributed by atoms with van der Waals surface area (Å²) in [6.07, 6.45) is 3.29. The molecule has 0 rings (SSSR count). The molecular formula is C12H24O3. The molecule has 1 atom stereocenters. The van der Waals surface area contributed by atoms with E-state index in [9.17, 15) is 4.79 Å². The van der Waals surface area contributed by atoms with Gasteiger partial charge in [-0.05, 0) is 11.8 Å². The zero-order valence-electron chi connectivity index (χ0n) is 10.6. The fourth-order valence-electron chi connectivity index (χ4n) is 1.73. The predicted octanol–water partition coefficient (Wildman–Crippen LogP) is 2.64. The second-order valence-corrected chi connectivity index (χ2v) is 4.62. The number of rotatable bonds is 7. The van der Waals surface area contributed by atoms with Gasteiger partial charge in [0.2, 0.25) is 0 Å². The molecule has 0 N–H and O–H groups in total. The van der Waals surface area contributed by atoms with Crippen LogP contribution in [0.1, 0.15) is 40.0 Å². The van der Waals surface area contributed by atoms with Crippen LogP contribution in [-0.2, 0) is 14.3 Å². The average molecular weight is 216 g/mol. The molecule has 0 radical (unpaired) electrons. The SMILES string of the molecule is CCCCC(C)(C)C(COC)C(=O)OC. The lowest BCUT2D eigenvalue weighted by molar-refractivity contribution is -0.152. The molecule has 90 valence electrons. The lowest BCUT2D eigenvalue weighted by Gasteiger charge is -2.31. The Morgan fingerprint density at radius 3 is 2.33 bits per heavy atom. The van der Waals surface area contributed by atoms with Gasteiger partial charge in [-0.3, -0.25) is 4.79 Å². The van der Waals surface area contributed by atoms with Gasteiger partial charge in [-0.2, -0.15) is 0 Å². The van der Waals surface area contributed by atoms with Crippen LogP contribution in [0.25, 0.3) is 0 Å². The maximum absolute atomic E-state index is 11.6. The zero-order valence-corrected chi connectivity index (χ0v) is 10.6. The summed E-state index contributed by atoms with van der Waals surface area (Å²) in [7, 11) is 3.05. The Morgan fingerprint density at radius 2 is 1.93 bits per heavy atom. The Kier molecular flexibility index (Phi) is 6.57. The van der Waals surface area contributed by atoms with Gasteiger partial charge in [-0.25, -0.2) is 0 Å². The van der Waals surface area contributed by atoms with Crippen LogP contribution in [0.5, 0.6) is 0 Å². The highest BCUT2D eigenvalue weighted by molar-refractivity contribution is 5.73. The molecule has 1 unspecified atom stereocenters. The largest absolute Gasteiger partial charge is 0.469 e. The Labute approximate surface area is 93.1 Å². The van der Waals surface area contributed by atoms with Crippen molar-refractivity contribution in [2.24, 2.45) is 11.3 Å². The molecule has 0 fully saturated rings. The minimum Gasteiger partial charge on any atom is -0.469 e. The Hall–Kier alpha value is -0.570. The fourth-order valence-corrected chi connectivity index (χ4v) is 1.73. The van der Waals surface area contributed by atoms with E-state index in [2.05, 4.69) is 20.8 Å². The third kappa shape index (κ3) is 4.65. The van der Waals surface area contributed by atoms with Gasteiger partial charge < -0.3 is 9.47 Å². The molecule has 0 aromatic rings. The van der Waals surface area contributed by atoms with E-state index in [0.717, 1.165) is 19.3 Å². The summed E-state index contributed by atoms with van der Waals surface area (Å²) < 4.78 is 9.90. The minimum absolute atomic E-state index is 0.0564. The Balaban J connectivity index is 4.49. The van der Waals surface area contributed by atoms with Crippen LogP contribution in [-0.4, -0.2) is 26.8 Å². The number of methoxy groups -OCH3 is 2. The predicted molar refractivity (Wildman–Crippen MR) is 60.7 cm³/mol. The van der Waals surface area contributed by atoms with Crippen molar-refractivity contribution in [1.82, 2.24) is 0 Å². The van der Waals surface area contributed by atoms with Crippen molar-refractivity contribution >= 4 is 5.97 Å². The molecule has 3 nitrogen and oxygen atoms in total. The van der Waals surface area contributed by atoms with Crippen LogP contribution in [0.3, 0.4) is 0 Å². The lowest BCUT2D eigenvalue weighted by atomic mass is 9.75. The highest BCUT2D eigenvalue weighted by atomic mass is 16.5. The maximum atomic E-state index is 11.6. The number of hydrogen-bond acceptors (Lipinski definition) is 3. The van der Waals surface area contributed by atoms with E-state index in [1.165, 1.54) is 7.11 Å². The van der Waals surface area contributed by atoms with Crippen LogP contribution < -0.4 is 0 Å². The first-order valence-electron chi connectivity index (χ1n) is 5.56. The van der Waals surface area contributed by atoms with E-state index in [1.807, 2.05) is 0 Å². The van der Waals surface area contributed by atoms with Crippen molar-refractivity contribution in [2.45, 2.75) is 40.0 Å². The molecule has 3 heteroatoms. The van der Waals surface area contributed by atoms with Gasteiger partial charge in [0.15, 0.2) is 0 Å². The number of carbonyl (C=O) groups is 1. The summed E-state index contributed by atoms with van der Waals surface area (Å²) in [5.41, 5.74) is -0.0564. The molecule has 0 spiro atoms. The van der Waals surface area contributed by atoms with Gasteiger partial charge in [0.25, 0.3) is 0 Å². The fraction of sp³-hybridized carbons (Fsp3) is 0.917. The quantitative estimate of drug-likeness (QED) is 0.614. The first-order chi connectivity index (χ1) is 6.99. The number of ether oxygens (including phenoxy) is 2. The highest BCUT2D eigenvalue weighted by Gasteiger charge is 2.35. The van der Waals surface area contributed by atoms with Gasteiger partial charge in [0, 0.05) is 7.11 Å². The summed E-state index contributed by atoms with van der Waals surface area (Å²) in [4.78, 5) is 11.6.